The Hall–Kier alpha value is -4.86. The Bertz CT molecular complexity index is 2370. The Morgan fingerprint density at radius 1 is 0.689 bits per heavy atom. The van der Waals surface area contributed by atoms with Gasteiger partial charge in [0.25, 0.3) is 0 Å². The van der Waals surface area contributed by atoms with E-state index in [1.807, 2.05) is 23.5 Å². The van der Waals surface area contributed by atoms with E-state index in [2.05, 4.69) is 130 Å². The fourth-order valence-electron chi connectivity index (χ4n) is 7.82. The molecule has 2 heterocycles. The number of fused-ring (bicyclic) bond motifs is 11. The summed E-state index contributed by atoms with van der Waals surface area (Å²) in [6.07, 6.45) is 4.62. The molecule has 0 saturated heterocycles. The zero-order chi connectivity index (χ0) is 30.5. The molecule has 1 aromatic heterocycles. The SMILES string of the molecule is COc1ccc(C2(c3ccc4sc5ccccc5c4c3)C=Cc3c4c(c5ccccc5c3O2)-c2ccc(C)cc2C4(C)C)cc1. The summed E-state index contributed by atoms with van der Waals surface area (Å²) < 4.78 is 15.7. The number of methoxy groups -OCH3 is 1. The molecule has 1 aliphatic heterocycles. The van der Waals surface area contributed by atoms with Crippen LogP contribution in [0.1, 0.15) is 47.2 Å². The summed E-state index contributed by atoms with van der Waals surface area (Å²) in [6, 6.07) is 39.6. The normalized spacial score (nSPS) is 17.7. The van der Waals surface area contributed by atoms with Crippen LogP contribution in [0.2, 0.25) is 0 Å². The second kappa shape index (κ2) is 9.32. The molecule has 2 nitrogen and oxygen atoms in total. The van der Waals surface area contributed by atoms with Gasteiger partial charge in [-0.1, -0.05) is 104 Å². The van der Waals surface area contributed by atoms with Crippen molar-refractivity contribution in [1.29, 1.82) is 0 Å². The highest BCUT2D eigenvalue weighted by atomic mass is 32.1. The Morgan fingerprint density at radius 2 is 1.40 bits per heavy atom. The summed E-state index contributed by atoms with van der Waals surface area (Å²) in [4.78, 5) is 0. The predicted octanol–water partition coefficient (Wildman–Crippen LogP) is 11.2. The van der Waals surface area contributed by atoms with Crippen LogP contribution in [0.3, 0.4) is 0 Å². The van der Waals surface area contributed by atoms with Crippen LogP contribution in [-0.4, -0.2) is 7.11 Å². The van der Waals surface area contributed by atoms with E-state index in [9.17, 15) is 0 Å². The molecule has 9 rings (SSSR count). The molecule has 2 aliphatic rings. The molecule has 6 aromatic carbocycles. The zero-order valence-electron chi connectivity index (χ0n) is 25.8. The van der Waals surface area contributed by atoms with E-state index < -0.39 is 5.60 Å². The first-order chi connectivity index (χ1) is 21.9. The van der Waals surface area contributed by atoms with E-state index in [0.29, 0.717) is 0 Å². The van der Waals surface area contributed by atoms with Crippen molar-refractivity contribution in [3.63, 3.8) is 0 Å². The third-order valence-electron chi connectivity index (χ3n) is 10.0. The van der Waals surface area contributed by atoms with Crippen LogP contribution in [0, 0.1) is 6.92 Å². The number of ether oxygens (including phenoxy) is 2. The summed E-state index contributed by atoms with van der Waals surface area (Å²) in [5.41, 5.74) is 9.01. The van der Waals surface area contributed by atoms with Gasteiger partial charge in [-0.05, 0) is 71.0 Å². The van der Waals surface area contributed by atoms with Crippen molar-refractivity contribution in [2.45, 2.75) is 31.8 Å². The van der Waals surface area contributed by atoms with E-state index >= 15 is 0 Å². The molecule has 1 unspecified atom stereocenters. The van der Waals surface area contributed by atoms with Gasteiger partial charge in [0.2, 0.25) is 0 Å². The average Bonchev–Trinajstić information content (AvgIpc) is 3.56. The third-order valence-corrected chi connectivity index (χ3v) is 11.2. The predicted molar refractivity (Wildman–Crippen MR) is 189 cm³/mol. The lowest BCUT2D eigenvalue weighted by Gasteiger charge is -2.38. The number of aryl methyl sites for hydroxylation is 1. The van der Waals surface area contributed by atoms with Crippen LogP contribution in [0.5, 0.6) is 11.5 Å². The zero-order valence-corrected chi connectivity index (χ0v) is 26.6. The molecule has 0 radical (unpaired) electrons. The van der Waals surface area contributed by atoms with Gasteiger partial charge in [-0.2, -0.15) is 0 Å². The van der Waals surface area contributed by atoms with Crippen molar-refractivity contribution in [1.82, 2.24) is 0 Å². The molecule has 1 aliphatic carbocycles. The average molecular weight is 601 g/mol. The van der Waals surface area contributed by atoms with Gasteiger partial charge in [0.05, 0.1) is 7.11 Å². The summed E-state index contributed by atoms with van der Waals surface area (Å²) in [5, 5.41) is 4.91. The summed E-state index contributed by atoms with van der Waals surface area (Å²) in [7, 11) is 1.71. The van der Waals surface area contributed by atoms with E-state index in [-0.39, 0.29) is 5.41 Å². The monoisotopic (exact) mass is 600 g/mol. The van der Waals surface area contributed by atoms with Crippen LogP contribution in [0.4, 0.5) is 0 Å². The largest absolute Gasteiger partial charge is 0.497 e. The van der Waals surface area contributed by atoms with E-state index in [4.69, 9.17) is 9.47 Å². The lowest BCUT2D eigenvalue weighted by Crippen LogP contribution is -2.35. The summed E-state index contributed by atoms with van der Waals surface area (Å²) in [5.74, 6) is 1.77. The van der Waals surface area contributed by atoms with Crippen molar-refractivity contribution < 1.29 is 9.47 Å². The topological polar surface area (TPSA) is 18.5 Å². The van der Waals surface area contributed by atoms with Gasteiger partial charge in [0.1, 0.15) is 11.5 Å². The van der Waals surface area contributed by atoms with Gasteiger partial charge in [-0.25, -0.2) is 0 Å². The molecule has 45 heavy (non-hydrogen) atoms. The van der Waals surface area contributed by atoms with Gasteiger partial charge in [0.15, 0.2) is 5.60 Å². The molecule has 7 aromatic rings. The van der Waals surface area contributed by atoms with Crippen LogP contribution in [0.25, 0.3) is 48.1 Å². The minimum Gasteiger partial charge on any atom is -0.497 e. The maximum Gasteiger partial charge on any atom is 0.178 e. The van der Waals surface area contributed by atoms with Gasteiger partial charge in [-0.3, -0.25) is 0 Å². The minimum absolute atomic E-state index is 0.173. The molecule has 0 N–H and O–H groups in total. The van der Waals surface area contributed by atoms with Crippen molar-refractivity contribution in [2.75, 3.05) is 7.11 Å². The Kier molecular flexibility index (Phi) is 5.50. The minimum atomic E-state index is -0.834. The first kappa shape index (κ1) is 26.5. The maximum absolute atomic E-state index is 7.53. The second-order valence-electron chi connectivity index (χ2n) is 12.9. The molecule has 0 saturated carbocycles. The third kappa shape index (κ3) is 3.62. The molecule has 1 atom stereocenters. The fourth-order valence-corrected chi connectivity index (χ4v) is 8.91. The van der Waals surface area contributed by atoms with Crippen molar-refractivity contribution in [3.05, 3.63) is 149 Å². The van der Waals surface area contributed by atoms with Crippen LogP contribution in [-0.2, 0) is 11.0 Å². The highest BCUT2D eigenvalue weighted by Gasteiger charge is 2.44. The number of thiophene rings is 1. The molecule has 0 bridgehead atoms. The highest BCUT2D eigenvalue weighted by Crippen LogP contribution is 2.58. The molecule has 218 valence electrons. The molecule has 3 heteroatoms. The fraction of sp³-hybridized carbons (Fsp3) is 0.143. The summed E-state index contributed by atoms with van der Waals surface area (Å²) >= 11 is 1.84. The molecular weight excluding hydrogens is 569 g/mol. The van der Waals surface area contributed by atoms with Crippen LogP contribution in [0.15, 0.2) is 115 Å². The van der Waals surface area contributed by atoms with Crippen LogP contribution < -0.4 is 9.47 Å². The van der Waals surface area contributed by atoms with Gasteiger partial charge in [-0.15, -0.1) is 11.3 Å². The molecule has 0 spiro atoms. The number of rotatable bonds is 3. The molecule has 0 amide bonds. The second-order valence-corrected chi connectivity index (χ2v) is 14.0. The van der Waals surface area contributed by atoms with Gasteiger partial charge < -0.3 is 9.47 Å². The summed E-state index contributed by atoms with van der Waals surface area (Å²) in [6.45, 7) is 6.91. The smallest absolute Gasteiger partial charge is 0.178 e. The standard InChI is InChI=1S/C42H32O2S/c1-25-13-19-32-35(23-25)41(2,3)39-33-21-22-42(26-14-17-28(43-4)18-15-26,44-40(33)31-11-6-5-10-30(31)38(32)39)27-16-20-37-34(24-27)29-9-7-8-12-36(29)45-37/h5-24H,1-4H3. The van der Waals surface area contributed by atoms with Gasteiger partial charge >= 0.3 is 0 Å². The lowest BCUT2D eigenvalue weighted by atomic mass is 9.76. The first-order valence-corrected chi connectivity index (χ1v) is 16.4. The first-order valence-electron chi connectivity index (χ1n) is 15.5. The Balaban J connectivity index is 1.34. The molecule has 0 fully saturated rings. The van der Waals surface area contributed by atoms with Crippen molar-refractivity contribution in [2.24, 2.45) is 0 Å². The van der Waals surface area contributed by atoms with Gasteiger partial charge in [0, 0.05) is 47.7 Å². The van der Waals surface area contributed by atoms with Crippen molar-refractivity contribution >= 4 is 48.4 Å². The van der Waals surface area contributed by atoms with Crippen molar-refractivity contribution in [3.8, 4) is 22.6 Å². The number of hydrogen-bond donors (Lipinski definition) is 0. The van der Waals surface area contributed by atoms with E-state index in [0.717, 1.165) is 28.0 Å². The number of hydrogen-bond acceptors (Lipinski definition) is 3. The van der Waals surface area contributed by atoms with E-state index in [1.54, 1.807) is 7.11 Å². The maximum atomic E-state index is 7.53. The highest BCUT2D eigenvalue weighted by molar-refractivity contribution is 7.25. The Labute approximate surface area is 267 Å². The van der Waals surface area contributed by atoms with E-state index in [1.165, 1.54) is 58.9 Å². The quantitative estimate of drug-likeness (QED) is 0.201. The molecular formula is C42H32O2S. The van der Waals surface area contributed by atoms with Crippen LogP contribution >= 0.6 is 11.3 Å². The lowest BCUT2D eigenvalue weighted by molar-refractivity contribution is 0.163. The Morgan fingerprint density at radius 3 is 2.20 bits per heavy atom. The number of benzene rings is 6.